The molecule has 0 bridgehead atoms. The highest BCUT2D eigenvalue weighted by Gasteiger charge is 2.23. The van der Waals surface area contributed by atoms with Crippen molar-refractivity contribution in [2.75, 3.05) is 18.0 Å². The zero-order chi connectivity index (χ0) is 20.8. The standard InChI is InChI=1S/C26H24N2O2/c1-2-28(18-17-20-9-5-3-6-10-20)23-15-13-21(14-16-23)19-24-26(29)30-25(27-24)22-11-7-4-8-12-22/h3-16,19H,2,17-18H2,1H3/b24-19+. The molecule has 3 aromatic carbocycles. The number of rotatable bonds is 7. The lowest BCUT2D eigenvalue weighted by molar-refractivity contribution is -0.129. The van der Waals surface area contributed by atoms with Crippen LogP contribution in [-0.2, 0) is 16.0 Å². The number of cyclic esters (lactones) is 1. The number of ether oxygens (including phenoxy) is 1. The Morgan fingerprint density at radius 3 is 2.23 bits per heavy atom. The number of aliphatic imine (C=N–C) groups is 1. The summed E-state index contributed by atoms with van der Waals surface area (Å²) in [4.78, 5) is 18.9. The van der Waals surface area contributed by atoms with Gasteiger partial charge in [-0.25, -0.2) is 9.79 Å². The normalized spacial score (nSPS) is 14.5. The third-order valence-electron chi connectivity index (χ3n) is 5.10. The quantitative estimate of drug-likeness (QED) is 0.412. The Labute approximate surface area is 177 Å². The van der Waals surface area contributed by atoms with Crippen molar-refractivity contribution in [1.82, 2.24) is 0 Å². The van der Waals surface area contributed by atoms with Gasteiger partial charge < -0.3 is 9.64 Å². The molecular formula is C26H24N2O2. The van der Waals surface area contributed by atoms with Crippen LogP contribution in [0.2, 0.25) is 0 Å². The van der Waals surface area contributed by atoms with Crippen molar-refractivity contribution in [3.8, 4) is 0 Å². The van der Waals surface area contributed by atoms with Gasteiger partial charge in [0, 0.05) is 24.3 Å². The maximum Gasteiger partial charge on any atom is 0.363 e. The number of carbonyl (C=O) groups is 1. The molecule has 30 heavy (non-hydrogen) atoms. The third kappa shape index (κ3) is 4.66. The Morgan fingerprint density at radius 1 is 0.900 bits per heavy atom. The number of anilines is 1. The van der Waals surface area contributed by atoms with E-state index in [0.29, 0.717) is 11.6 Å². The molecule has 0 unspecified atom stereocenters. The van der Waals surface area contributed by atoms with Crippen LogP contribution in [0.25, 0.3) is 6.08 Å². The summed E-state index contributed by atoms with van der Waals surface area (Å²) in [5.74, 6) is -0.0717. The van der Waals surface area contributed by atoms with Gasteiger partial charge in [0.15, 0.2) is 5.70 Å². The van der Waals surface area contributed by atoms with Gasteiger partial charge in [-0.1, -0.05) is 60.7 Å². The maximum atomic E-state index is 12.2. The van der Waals surface area contributed by atoms with E-state index in [9.17, 15) is 4.79 Å². The highest BCUT2D eigenvalue weighted by Crippen LogP contribution is 2.21. The molecule has 4 nitrogen and oxygen atoms in total. The second kappa shape index (κ2) is 9.23. The smallest absolute Gasteiger partial charge is 0.363 e. The van der Waals surface area contributed by atoms with Crippen LogP contribution >= 0.6 is 0 Å². The van der Waals surface area contributed by atoms with Gasteiger partial charge in [0.25, 0.3) is 0 Å². The van der Waals surface area contributed by atoms with Gasteiger partial charge in [0.2, 0.25) is 5.90 Å². The number of nitrogens with zero attached hydrogens (tertiary/aromatic N) is 2. The molecule has 0 aromatic heterocycles. The largest absolute Gasteiger partial charge is 0.402 e. The van der Waals surface area contributed by atoms with Crippen molar-refractivity contribution in [2.24, 2.45) is 4.99 Å². The average molecular weight is 396 g/mol. The molecule has 0 N–H and O–H groups in total. The molecule has 0 fully saturated rings. The summed E-state index contributed by atoms with van der Waals surface area (Å²) in [6.07, 6.45) is 2.77. The molecule has 0 atom stereocenters. The van der Waals surface area contributed by atoms with Crippen molar-refractivity contribution >= 4 is 23.6 Å². The predicted octanol–water partition coefficient (Wildman–Crippen LogP) is 5.10. The van der Waals surface area contributed by atoms with Crippen LogP contribution in [0, 0.1) is 0 Å². The number of esters is 1. The number of hydrogen-bond acceptors (Lipinski definition) is 4. The minimum atomic E-state index is -0.420. The summed E-state index contributed by atoms with van der Waals surface area (Å²) in [5, 5.41) is 0. The number of benzene rings is 3. The van der Waals surface area contributed by atoms with E-state index in [1.54, 1.807) is 6.08 Å². The highest BCUT2D eigenvalue weighted by molar-refractivity contribution is 6.12. The van der Waals surface area contributed by atoms with Crippen LogP contribution in [0.15, 0.2) is 95.6 Å². The molecule has 0 aliphatic carbocycles. The van der Waals surface area contributed by atoms with Crippen molar-refractivity contribution in [2.45, 2.75) is 13.3 Å². The zero-order valence-electron chi connectivity index (χ0n) is 17.0. The molecule has 1 heterocycles. The Hall–Kier alpha value is -3.66. The van der Waals surface area contributed by atoms with E-state index in [1.165, 1.54) is 5.56 Å². The molecule has 0 spiro atoms. The Kier molecular flexibility index (Phi) is 6.04. The van der Waals surface area contributed by atoms with E-state index in [1.807, 2.05) is 48.5 Å². The lowest BCUT2D eigenvalue weighted by Gasteiger charge is -2.23. The molecule has 0 amide bonds. The van der Waals surface area contributed by atoms with Gasteiger partial charge in [-0.3, -0.25) is 0 Å². The lowest BCUT2D eigenvalue weighted by atomic mass is 10.1. The van der Waals surface area contributed by atoms with Gasteiger partial charge in [0.05, 0.1) is 0 Å². The molecule has 0 radical (unpaired) electrons. The van der Waals surface area contributed by atoms with Crippen LogP contribution in [0.1, 0.15) is 23.6 Å². The topological polar surface area (TPSA) is 41.9 Å². The van der Waals surface area contributed by atoms with Gasteiger partial charge >= 0.3 is 5.97 Å². The van der Waals surface area contributed by atoms with Gasteiger partial charge in [-0.15, -0.1) is 0 Å². The van der Waals surface area contributed by atoms with E-state index in [2.05, 4.69) is 53.2 Å². The second-order valence-corrected chi connectivity index (χ2v) is 7.11. The molecule has 4 rings (SSSR count). The van der Waals surface area contributed by atoms with Crippen molar-refractivity contribution in [1.29, 1.82) is 0 Å². The van der Waals surface area contributed by atoms with Gasteiger partial charge in [-0.2, -0.15) is 0 Å². The maximum absolute atomic E-state index is 12.2. The number of likely N-dealkylation sites (N-methyl/N-ethyl adjacent to an activating group) is 1. The zero-order valence-corrected chi connectivity index (χ0v) is 17.0. The number of carbonyl (C=O) groups excluding carboxylic acids is 1. The monoisotopic (exact) mass is 396 g/mol. The molecule has 150 valence electrons. The Bertz CT molecular complexity index is 1060. The SMILES string of the molecule is CCN(CCc1ccccc1)c1ccc(/C=C2/N=C(c3ccccc3)OC2=O)cc1. The van der Waals surface area contributed by atoms with E-state index in [0.717, 1.165) is 36.3 Å². The molecule has 0 saturated carbocycles. The Morgan fingerprint density at radius 2 is 1.57 bits per heavy atom. The molecule has 1 aliphatic heterocycles. The summed E-state index contributed by atoms with van der Waals surface area (Å²) in [6, 6.07) is 28.2. The molecule has 0 saturated heterocycles. The Balaban J connectivity index is 1.46. The molecule has 1 aliphatic rings. The van der Waals surface area contributed by atoms with Crippen LogP contribution in [0.5, 0.6) is 0 Å². The number of hydrogen-bond donors (Lipinski definition) is 0. The first-order chi connectivity index (χ1) is 14.7. The van der Waals surface area contributed by atoms with E-state index >= 15 is 0 Å². The summed E-state index contributed by atoms with van der Waals surface area (Å²) >= 11 is 0. The third-order valence-corrected chi connectivity index (χ3v) is 5.10. The van der Waals surface area contributed by atoms with E-state index in [-0.39, 0.29) is 0 Å². The van der Waals surface area contributed by atoms with Gasteiger partial charge in [-0.05, 0) is 54.8 Å². The first-order valence-electron chi connectivity index (χ1n) is 10.2. The summed E-state index contributed by atoms with van der Waals surface area (Å²) in [7, 11) is 0. The lowest BCUT2D eigenvalue weighted by Crippen LogP contribution is -2.25. The van der Waals surface area contributed by atoms with Gasteiger partial charge in [0.1, 0.15) is 0 Å². The minimum Gasteiger partial charge on any atom is -0.402 e. The summed E-state index contributed by atoms with van der Waals surface area (Å²) < 4.78 is 5.32. The molecular weight excluding hydrogens is 372 g/mol. The average Bonchev–Trinajstić information content (AvgIpc) is 3.17. The van der Waals surface area contributed by atoms with Crippen LogP contribution in [-0.4, -0.2) is 25.0 Å². The van der Waals surface area contributed by atoms with Crippen molar-refractivity contribution in [3.05, 3.63) is 107 Å². The first-order valence-corrected chi connectivity index (χ1v) is 10.2. The van der Waals surface area contributed by atoms with Crippen molar-refractivity contribution < 1.29 is 9.53 Å². The van der Waals surface area contributed by atoms with Crippen LogP contribution < -0.4 is 4.90 Å². The second-order valence-electron chi connectivity index (χ2n) is 7.11. The fourth-order valence-corrected chi connectivity index (χ4v) is 3.43. The fourth-order valence-electron chi connectivity index (χ4n) is 3.43. The molecule has 3 aromatic rings. The minimum absolute atomic E-state index is 0.318. The van der Waals surface area contributed by atoms with E-state index in [4.69, 9.17) is 4.74 Å². The predicted molar refractivity (Wildman–Crippen MR) is 122 cm³/mol. The van der Waals surface area contributed by atoms with Crippen LogP contribution in [0.4, 0.5) is 5.69 Å². The highest BCUT2D eigenvalue weighted by atomic mass is 16.6. The van der Waals surface area contributed by atoms with Crippen LogP contribution in [0.3, 0.4) is 0 Å². The van der Waals surface area contributed by atoms with Crippen molar-refractivity contribution in [3.63, 3.8) is 0 Å². The first kappa shape index (κ1) is 19.6. The fraction of sp³-hybridized carbons (Fsp3) is 0.154. The molecule has 4 heteroatoms. The summed E-state index contributed by atoms with van der Waals surface area (Å²) in [6.45, 7) is 4.05. The summed E-state index contributed by atoms with van der Waals surface area (Å²) in [5.41, 5.74) is 4.53. The van der Waals surface area contributed by atoms with E-state index < -0.39 is 5.97 Å².